The molecule has 0 radical (unpaired) electrons. The van der Waals surface area contributed by atoms with Crippen molar-refractivity contribution in [1.29, 1.82) is 0 Å². The minimum Gasteiger partial charge on any atom is -0.493 e. The number of nitrogens with two attached hydrogens (primary N) is 1. The lowest BCUT2D eigenvalue weighted by atomic mass is 10.2. The first-order valence-electron chi connectivity index (χ1n) is 6.30. The van der Waals surface area contributed by atoms with Crippen LogP contribution in [0.2, 0.25) is 0 Å². The van der Waals surface area contributed by atoms with Gasteiger partial charge in [-0.1, -0.05) is 5.16 Å². The van der Waals surface area contributed by atoms with E-state index in [-0.39, 0.29) is 6.61 Å². The molecule has 0 atom stereocenters. The van der Waals surface area contributed by atoms with Crippen LogP contribution in [0.5, 0.6) is 11.5 Å². The van der Waals surface area contributed by atoms with Crippen molar-refractivity contribution in [2.75, 3.05) is 14.2 Å². The molecule has 0 bridgehead atoms. The van der Waals surface area contributed by atoms with Crippen molar-refractivity contribution in [3.8, 4) is 11.5 Å². The van der Waals surface area contributed by atoms with Crippen LogP contribution < -0.4 is 15.2 Å². The molecular weight excluding hydrogens is 340 g/mol. The molecule has 0 amide bonds. The van der Waals surface area contributed by atoms with E-state index in [2.05, 4.69) is 21.1 Å². The fraction of sp³-hybridized carbons (Fsp3) is 0.357. The van der Waals surface area contributed by atoms with Crippen LogP contribution in [0.1, 0.15) is 17.0 Å². The maximum absolute atomic E-state index is 5.76. The third kappa shape index (κ3) is 3.96. The van der Waals surface area contributed by atoms with E-state index in [4.69, 9.17) is 24.5 Å². The molecule has 2 aromatic rings. The van der Waals surface area contributed by atoms with Crippen molar-refractivity contribution < 1.29 is 18.7 Å². The van der Waals surface area contributed by atoms with Gasteiger partial charge in [-0.2, -0.15) is 0 Å². The molecular formula is C14H17BrN2O4. The second-order valence-corrected chi connectivity index (χ2v) is 5.17. The zero-order valence-electron chi connectivity index (χ0n) is 11.9. The summed E-state index contributed by atoms with van der Waals surface area (Å²) in [4.78, 5) is 0. The molecule has 0 aliphatic heterocycles. The Labute approximate surface area is 131 Å². The van der Waals surface area contributed by atoms with Gasteiger partial charge >= 0.3 is 0 Å². The number of ether oxygens (including phenoxy) is 3. The summed E-state index contributed by atoms with van der Waals surface area (Å²) in [5, 5.41) is 3.91. The zero-order chi connectivity index (χ0) is 15.2. The smallest absolute Gasteiger partial charge is 0.175 e. The molecule has 0 unspecified atom stereocenters. The van der Waals surface area contributed by atoms with Crippen molar-refractivity contribution >= 4 is 15.9 Å². The van der Waals surface area contributed by atoms with Crippen LogP contribution >= 0.6 is 15.9 Å². The van der Waals surface area contributed by atoms with Gasteiger partial charge < -0.3 is 24.5 Å². The summed E-state index contributed by atoms with van der Waals surface area (Å²) in [5.74, 6) is 1.87. The quantitative estimate of drug-likeness (QED) is 0.821. The van der Waals surface area contributed by atoms with E-state index < -0.39 is 0 Å². The molecule has 1 aromatic heterocycles. The van der Waals surface area contributed by atoms with Crippen LogP contribution in [0.4, 0.5) is 0 Å². The van der Waals surface area contributed by atoms with Gasteiger partial charge in [-0.05, 0) is 33.6 Å². The maximum Gasteiger partial charge on any atom is 0.175 e. The fourth-order valence-electron chi connectivity index (χ4n) is 1.81. The third-order valence-corrected chi connectivity index (χ3v) is 3.37. The van der Waals surface area contributed by atoms with Crippen LogP contribution in [0.25, 0.3) is 0 Å². The Morgan fingerprint density at radius 2 is 2.05 bits per heavy atom. The topological polar surface area (TPSA) is 79.7 Å². The van der Waals surface area contributed by atoms with Gasteiger partial charge in [0.25, 0.3) is 0 Å². The second kappa shape index (κ2) is 7.44. The van der Waals surface area contributed by atoms with Crippen molar-refractivity contribution in [2.45, 2.75) is 19.8 Å². The zero-order valence-corrected chi connectivity index (χ0v) is 13.5. The number of halogens is 1. The van der Waals surface area contributed by atoms with E-state index in [0.29, 0.717) is 36.1 Å². The van der Waals surface area contributed by atoms with Crippen LogP contribution in [-0.2, 0) is 24.5 Å². The minimum atomic E-state index is 0.268. The van der Waals surface area contributed by atoms with Crippen molar-refractivity contribution in [2.24, 2.45) is 5.73 Å². The molecule has 0 spiro atoms. The van der Waals surface area contributed by atoms with Crippen molar-refractivity contribution in [1.82, 2.24) is 5.16 Å². The number of benzene rings is 1. The van der Waals surface area contributed by atoms with Gasteiger partial charge in [-0.25, -0.2) is 0 Å². The minimum absolute atomic E-state index is 0.268. The predicted octanol–water partition coefficient (Wildman–Crippen LogP) is 2.63. The summed E-state index contributed by atoms with van der Waals surface area (Å²) in [5.41, 5.74) is 7.27. The van der Waals surface area contributed by atoms with E-state index in [0.717, 1.165) is 10.0 Å². The third-order valence-electron chi connectivity index (χ3n) is 2.78. The van der Waals surface area contributed by atoms with Crippen molar-refractivity contribution in [3.63, 3.8) is 0 Å². The largest absolute Gasteiger partial charge is 0.493 e. The van der Waals surface area contributed by atoms with Gasteiger partial charge in [0.05, 0.1) is 11.6 Å². The number of methoxy groups -OCH3 is 2. The lowest BCUT2D eigenvalue weighted by Crippen LogP contribution is -2.02. The highest BCUT2D eigenvalue weighted by Gasteiger charge is 2.13. The summed E-state index contributed by atoms with van der Waals surface area (Å²) >= 11 is 3.46. The molecule has 1 aromatic carbocycles. The van der Waals surface area contributed by atoms with Crippen molar-refractivity contribution in [3.05, 3.63) is 39.7 Å². The molecule has 0 saturated carbocycles. The molecule has 0 saturated heterocycles. The molecule has 21 heavy (non-hydrogen) atoms. The summed E-state index contributed by atoms with van der Waals surface area (Å²) in [6.07, 6.45) is 0. The highest BCUT2D eigenvalue weighted by atomic mass is 79.9. The lowest BCUT2D eigenvalue weighted by molar-refractivity contribution is 0.155. The van der Waals surface area contributed by atoms with Gasteiger partial charge in [-0.3, -0.25) is 0 Å². The molecule has 0 aliphatic carbocycles. The Morgan fingerprint density at radius 3 is 2.71 bits per heavy atom. The Morgan fingerprint density at radius 1 is 1.24 bits per heavy atom. The summed E-state index contributed by atoms with van der Waals surface area (Å²) < 4.78 is 21.9. The highest BCUT2D eigenvalue weighted by molar-refractivity contribution is 9.10. The Bertz CT molecular complexity index is 601. The molecule has 0 fully saturated rings. The number of rotatable bonds is 7. The number of nitrogens with zero attached hydrogens (tertiary/aromatic N) is 1. The van der Waals surface area contributed by atoms with Crippen LogP contribution in [0, 0.1) is 0 Å². The van der Waals surface area contributed by atoms with Crippen LogP contribution in [0.3, 0.4) is 0 Å². The molecule has 0 aliphatic rings. The first-order valence-corrected chi connectivity index (χ1v) is 7.10. The Hall–Kier alpha value is -1.57. The maximum atomic E-state index is 5.76. The average Bonchev–Trinajstić information content (AvgIpc) is 2.93. The van der Waals surface area contributed by atoms with Crippen LogP contribution in [0.15, 0.2) is 27.2 Å². The van der Waals surface area contributed by atoms with Crippen LogP contribution in [-0.4, -0.2) is 19.4 Å². The predicted molar refractivity (Wildman–Crippen MR) is 80.1 cm³/mol. The SMILES string of the molecule is COCc1cc(COc2c(Br)cc(CN)cc2OC)no1. The fourth-order valence-corrected chi connectivity index (χ4v) is 2.42. The highest BCUT2D eigenvalue weighted by Crippen LogP contribution is 2.37. The molecule has 6 nitrogen and oxygen atoms in total. The number of aromatic nitrogens is 1. The first-order chi connectivity index (χ1) is 10.2. The van der Waals surface area contributed by atoms with Gasteiger partial charge in [0.1, 0.15) is 18.9 Å². The van der Waals surface area contributed by atoms with Gasteiger partial charge in [0.15, 0.2) is 17.3 Å². The number of hydrogen-bond donors (Lipinski definition) is 1. The summed E-state index contributed by atoms with van der Waals surface area (Å²) in [6, 6.07) is 5.54. The Kier molecular flexibility index (Phi) is 5.60. The van der Waals surface area contributed by atoms with E-state index in [1.165, 1.54) is 0 Å². The monoisotopic (exact) mass is 356 g/mol. The van der Waals surface area contributed by atoms with Gasteiger partial charge in [0, 0.05) is 19.7 Å². The lowest BCUT2D eigenvalue weighted by Gasteiger charge is -2.13. The second-order valence-electron chi connectivity index (χ2n) is 4.32. The average molecular weight is 357 g/mol. The van der Waals surface area contributed by atoms with E-state index >= 15 is 0 Å². The number of hydrogen-bond acceptors (Lipinski definition) is 6. The Balaban J connectivity index is 2.11. The molecule has 2 rings (SSSR count). The van der Waals surface area contributed by atoms with E-state index in [1.54, 1.807) is 20.3 Å². The van der Waals surface area contributed by atoms with E-state index in [1.807, 2.05) is 12.1 Å². The molecule has 2 N–H and O–H groups in total. The summed E-state index contributed by atoms with van der Waals surface area (Å²) in [6.45, 7) is 1.08. The molecule has 114 valence electrons. The molecule has 1 heterocycles. The van der Waals surface area contributed by atoms with E-state index in [9.17, 15) is 0 Å². The summed E-state index contributed by atoms with van der Waals surface area (Å²) in [7, 11) is 3.18. The standard InChI is InChI=1S/C14H17BrN2O4/c1-18-8-11-5-10(17-21-11)7-20-14-12(15)3-9(6-16)4-13(14)19-2/h3-5H,6-8,16H2,1-2H3. The normalized spacial score (nSPS) is 10.7. The molecule has 7 heteroatoms. The van der Waals surface area contributed by atoms with Gasteiger partial charge in [-0.15, -0.1) is 0 Å². The first kappa shape index (κ1) is 15.8. The van der Waals surface area contributed by atoms with Gasteiger partial charge in [0.2, 0.25) is 0 Å².